The van der Waals surface area contributed by atoms with Gasteiger partial charge in [0.05, 0.1) is 19.9 Å². The van der Waals surface area contributed by atoms with Crippen LogP contribution in [-0.2, 0) is 14.3 Å². The van der Waals surface area contributed by atoms with Gasteiger partial charge in [-0.25, -0.2) is 4.98 Å². The SMILES string of the molecule is COc1ccc(-c2csc(NC(=O)COC(=O)C3c4ccccc4Oc4ccccc43)n2)cc1OC. The average molecular weight is 503 g/mol. The van der Waals surface area contributed by atoms with Crippen molar-refractivity contribution in [2.75, 3.05) is 26.1 Å². The van der Waals surface area contributed by atoms with Crippen molar-refractivity contribution < 1.29 is 28.5 Å². The zero-order chi connectivity index (χ0) is 25.1. The molecule has 0 unspecified atom stereocenters. The standard InChI is InChI=1S/C27H22N2O6S/c1-32-22-12-11-16(13-23(22)33-2)19-15-36-27(28-19)29-24(30)14-34-26(31)25-17-7-3-5-9-20(17)35-21-10-6-4-8-18(21)25/h3-13,15,25H,14H2,1-2H3,(H,28,29,30). The number of hydrogen-bond acceptors (Lipinski definition) is 8. The van der Waals surface area contributed by atoms with Gasteiger partial charge in [0.2, 0.25) is 0 Å². The molecule has 0 saturated heterocycles. The van der Waals surface area contributed by atoms with Crippen molar-refractivity contribution in [3.05, 3.63) is 83.2 Å². The second-order valence-corrected chi connectivity index (χ2v) is 8.73. The Kier molecular flexibility index (Phi) is 6.55. The van der Waals surface area contributed by atoms with Gasteiger partial charge < -0.3 is 18.9 Å². The van der Waals surface area contributed by atoms with Crippen LogP contribution in [0.15, 0.2) is 72.1 Å². The highest BCUT2D eigenvalue weighted by Crippen LogP contribution is 2.44. The third kappa shape index (κ3) is 4.60. The van der Waals surface area contributed by atoms with Gasteiger partial charge in [-0.1, -0.05) is 36.4 Å². The summed E-state index contributed by atoms with van der Waals surface area (Å²) in [6.45, 7) is -0.439. The largest absolute Gasteiger partial charge is 0.493 e. The van der Waals surface area contributed by atoms with Gasteiger partial charge in [0.1, 0.15) is 17.4 Å². The zero-order valence-electron chi connectivity index (χ0n) is 19.5. The highest BCUT2D eigenvalue weighted by atomic mass is 32.1. The van der Waals surface area contributed by atoms with Gasteiger partial charge in [0.15, 0.2) is 23.2 Å². The molecule has 0 spiro atoms. The first-order valence-electron chi connectivity index (χ1n) is 11.1. The number of nitrogens with one attached hydrogen (secondary N) is 1. The minimum absolute atomic E-state index is 0.391. The fourth-order valence-electron chi connectivity index (χ4n) is 4.00. The molecule has 4 aromatic rings. The van der Waals surface area contributed by atoms with Gasteiger partial charge in [0, 0.05) is 22.1 Å². The van der Waals surface area contributed by atoms with Crippen LogP contribution in [0.4, 0.5) is 5.13 Å². The number of amides is 1. The average Bonchev–Trinajstić information content (AvgIpc) is 3.38. The summed E-state index contributed by atoms with van der Waals surface area (Å²) in [7, 11) is 3.13. The number of ether oxygens (including phenoxy) is 4. The summed E-state index contributed by atoms with van der Waals surface area (Å²) >= 11 is 1.27. The molecule has 1 N–H and O–H groups in total. The van der Waals surface area contributed by atoms with E-state index in [2.05, 4.69) is 10.3 Å². The first-order valence-corrected chi connectivity index (χ1v) is 12.0. The summed E-state index contributed by atoms with van der Waals surface area (Å²) in [6, 6.07) is 20.1. The van der Waals surface area contributed by atoms with Crippen LogP contribution in [0.25, 0.3) is 11.3 Å². The number of aromatic nitrogens is 1. The number of hydrogen-bond donors (Lipinski definition) is 1. The van der Waals surface area contributed by atoms with Crippen LogP contribution in [0.5, 0.6) is 23.0 Å². The number of nitrogens with zero attached hydrogens (tertiary/aromatic N) is 1. The second kappa shape index (κ2) is 10.1. The lowest BCUT2D eigenvalue weighted by Crippen LogP contribution is -2.26. The molecule has 182 valence electrons. The molecule has 8 nitrogen and oxygen atoms in total. The maximum Gasteiger partial charge on any atom is 0.318 e. The number of fused-ring (bicyclic) bond motifs is 2. The number of thiazole rings is 1. The number of rotatable bonds is 7. The molecule has 1 aromatic heterocycles. The molecule has 0 radical (unpaired) electrons. The molecule has 1 amide bonds. The normalized spacial score (nSPS) is 12.1. The molecule has 0 atom stereocenters. The Balaban J connectivity index is 1.25. The van der Waals surface area contributed by atoms with Crippen molar-refractivity contribution in [2.45, 2.75) is 5.92 Å². The fraction of sp³-hybridized carbons (Fsp3) is 0.148. The van der Waals surface area contributed by atoms with Crippen LogP contribution in [0.3, 0.4) is 0 Å². The van der Waals surface area contributed by atoms with Crippen LogP contribution in [0, 0.1) is 0 Å². The summed E-state index contributed by atoms with van der Waals surface area (Å²) in [4.78, 5) is 30.1. The highest BCUT2D eigenvalue weighted by molar-refractivity contribution is 7.14. The molecule has 36 heavy (non-hydrogen) atoms. The van der Waals surface area contributed by atoms with Gasteiger partial charge in [-0.05, 0) is 30.3 Å². The van der Waals surface area contributed by atoms with E-state index in [1.807, 2.05) is 53.9 Å². The van der Waals surface area contributed by atoms with Gasteiger partial charge in [-0.15, -0.1) is 11.3 Å². The van der Waals surface area contributed by atoms with Gasteiger partial charge in [-0.3, -0.25) is 14.9 Å². The molecular formula is C27H22N2O6S. The van der Waals surface area contributed by atoms with Gasteiger partial charge >= 0.3 is 5.97 Å². The van der Waals surface area contributed by atoms with Crippen LogP contribution in [-0.4, -0.2) is 37.7 Å². The monoisotopic (exact) mass is 502 g/mol. The number of carbonyl (C=O) groups is 2. The lowest BCUT2D eigenvalue weighted by Gasteiger charge is -2.26. The van der Waals surface area contributed by atoms with Crippen molar-refractivity contribution >= 4 is 28.3 Å². The van der Waals surface area contributed by atoms with Crippen molar-refractivity contribution in [2.24, 2.45) is 0 Å². The summed E-state index contributed by atoms with van der Waals surface area (Å²) < 4.78 is 21.9. The zero-order valence-corrected chi connectivity index (χ0v) is 20.3. The van der Waals surface area contributed by atoms with Crippen molar-refractivity contribution in [1.29, 1.82) is 0 Å². The Hall–Kier alpha value is -4.37. The van der Waals surface area contributed by atoms with Crippen LogP contribution in [0.2, 0.25) is 0 Å². The van der Waals surface area contributed by atoms with E-state index >= 15 is 0 Å². The van der Waals surface area contributed by atoms with Gasteiger partial charge in [0.25, 0.3) is 5.91 Å². The fourth-order valence-corrected chi connectivity index (χ4v) is 4.73. The third-order valence-corrected chi connectivity index (χ3v) is 6.45. The number of methoxy groups -OCH3 is 2. The Morgan fingerprint density at radius 1 is 0.944 bits per heavy atom. The molecule has 1 aliphatic heterocycles. The summed E-state index contributed by atoms with van der Waals surface area (Å²) in [5, 5.41) is 4.90. The van der Waals surface area contributed by atoms with E-state index in [1.165, 1.54) is 11.3 Å². The van der Waals surface area contributed by atoms with Crippen LogP contribution < -0.4 is 19.5 Å². The van der Waals surface area contributed by atoms with E-state index in [4.69, 9.17) is 18.9 Å². The molecule has 0 bridgehead atoms. The number of para-hydroxylation sites is 2. The quantitative estimate of drug-likeness (QED) is 0.345. The minimum Gasteiger partial charge on any atom is -0.493 e. The van der Waals surface area contributed by atoms with Crippen LogP contribution in [0.1, 0.15) is 17.0 Å². The maximum atomic E-state index is 13.1. The number of anilines is 1. The van der Waals surface area contributed by atoms with E-state index in [0.717, 1.165) is 5.56 Å². The molecule has 0 fully saturated rings. The van der Waals surface area contributed by atoms with E-state index in [9.17, 15) is 9.59 Å². The van der Waals surface area contributed by atoms with Crippen molar-refractivity contribution in [3.8, 4) is 34.3 Å². The van der Waals surface area contributed by atoms with Crippen molar-refractivity contribution in [1.82, 2.24) is 4.98 Å². The second-order valence-electron chi connectivity index (χ2n) is 7.87. The van der Waals surface area contributed by atoms with Crippen molar-refractivity contribution in [3.63, 3.8) is 0 Å². The molecule has 9 heteroatoms. The predicted molar refractivity (Wildman–Crippen MR) is 135 cm³/mol. The molecule has 1 aliphatic rings. The van der Waals surface area contributed by atoms with Crippen LogP contribution >= 0.6 is 11.3 Å². The minimum atomic E-state index is -0.685. The lowest BCUT2D eigenvalue weighted by molar-refractivity contribution is -0.148. The summed E-state index contributed by atoms with van der Waals surface area (Å²) in [5.41, 5.74) is 2.87. The Morgan fingerprint density at radius 2 is 1.61 bits per heavy atom. The van der Waals surface area contributed by atoms with E-state index in [1.54, 1.807) is 32.4 Å². The predicted octanol–water partition coefficient (Wildman–Crippen LogP) is 5.25. The first-order chi connectivity index (χ1) is 17.6. The van der Waals surface area contributed by atoms with E-state index in [-0.39, 0.29) is 0 Å². The molecular weight excluding hydrogens is 480 g/mol. The number of esters is 1. The summed E-state index contributed by atoms with van der Waals surface area (Å²) in [5.74, 6) is 0.679. The Labute approximate surface area is 211 Å². The van der Waals surface area contributed by atoms with E-state index < -0.39 is 24.4 Å². The Bertz CT molecular complexity index is 1390. The molecule has 2 heterocycles. The lowest BCUT2D eigenvalue weighted by atomic mass is 9.88. The topological polar surface area (TPSA) is 96.0 Å². The molecule has 0 saturated carbocycles. The smallest absolute Gasteiger partial charge is 0.318 e. The first kappa shape index (κ1) is 23.4. The molecule has 5 rings (SSSR count). The molecule has 3 aromatic carbocycles. The highest BCUT2D eigenvalue weighted by Gasteiger charge is 2.33. The Morgan fingerprint density at radius 3 is 2.28 bits per heavy atom. The summed E-state index contributed by atoms with van der Waals surface area (Å²) in [6.07, 6.45) is 0. The van der Waals surface area contributed by atoms with E-state index in [0.29, 0.717) is 45.0 Å². The van der Waals surface area contributed by atoms with Gasteiger partial charge in [-0.2, -0.15) is 0 Å². The number of benzene rings is 3. The maximum absolute atomic E-state index is 13.1. The number of carbonyl (C=O) groups excluding carboxylic acids is 2. The third-order valence-electron chi connectivity index (χ3n) is 5.69. The molecule has 0 aliphatic carbocycles.